The minimum absolute atomic E-state index is 0.0377. The minimum Gasteiger partial charge on any atom is -0.352 e. The summed E-state index contributed by atoms with van der Waals surface area (Å²) in [7, 11) is 0. The molecule has 1 aliphatic rings. The molecule has 4 aromatic heterocycles. The Bertz CT molecular complexity index is 1130. The maximum Gasteiger partial charge on any atom is 0.266 e. The van der Waals surface area contributed by atoms with Crippen LogP contribution in [0.5, 0.6) is 0 Å². The molecule has 0 unspecified atom stereocenters. The molecule has 0 aliphatic carbocycles. The molecular formula is C19H19N9OS. The van der Waals surface area contributed by atoms with Crippen LogP contribution >= 0.6 is 11.3 Å². The molecule has 0 radical (unpaired) electrons. The standard InChI is InChI=1S/C19H19N9OS/c1-14-17(30-19(22-14)27-6-2-3-7-27)18(29)26-10-8-25(9-11-26)15-4-5-16(24-23-15)28-13-20-12-21-28/h2-7,12-13H,8-11H2,1H3. The Morgan fingerprint density at radius 2 is 1.77 bits per heavy atom. The van der Waals surface area contributed by atoms with Crippen molar-refractivity contribution in [3.8, 4) is 10.9 Å². The molecule has 1 aliphatic heterocycles. The number of rotatable bonds is 4. The number of hydrogen-bond donors (Lipinski definition) is 0. The average Bonchev–Trinajstić information content (AvgIpc) is 3.55. The highest BCUT2D eigenvalue weighted by atomic mass is 32.1. The van der Waals surface area contributed by atoms with Crippen LogP contribution in [0.4, 0.5) is 5.82 Å². The molecular weight excluding hydrogens is 402 g/mol. The lowest BCUT2D eigenvalue weighted by atomic mass is 10.2. The molecule has 152 valence electrons. The number of piperazine rings is 1. The zero-order chi connectivity index (χ0) is 20.5. The highest BCUT2D eigenvalue weighted by Gasteiger charge is 2.26. The fourth-order valence-corrected chi connectivity index (χ4v) is 4.37. The van der Waals surface area contributed by atoms with Crippen LogP contribution in [0.15, 0.2) is 49.3 Å². The predicted octanol–water partition coefficient (Wildman–Crippen LogP) is 1.58. The maximum absolute atomic E-state index is 13.0. The van der Waals surface area contributed by atoms with Crippen LogP contribution in [-0.4, -0.2) is 71.5 Å². The number of amides is 1. The molecule has 5 rings (SSSR count). The Balaban J connectivity index is 1.24. The molecule has 10 nitrogen and oxygen atoms in total. The lowest BCUT2D eigenvalue weighted by Crippen LogP contribution is -2.49. The SMILES string of the molecule is Cc1nc(-n2cccc2)sc1C(=O)N1CCN(c2ccc(-n3cncn3)nn2)CC1. The topological polar surface area (TPSA) is 97.9 Å². The zero-order valence-corrected chi connectivity index (χ0v) is 17.1. The van der Waals surface area contributed by atoms with E-state index in [1.54, 1.807) is 11.0 Å². The van der Waals surface area contributed by atoms with E-state index in [-0.39, 0.29) is 5.91 Å². The van der Waals surface area contributed by atoms with Gasteiger partial charge >= 0.3 is 0 Å². The molecule has 1 saturated heterocycles. The van der Waals surface area contributed by atoms with E-state index in [0.717, 1.165) is 16.6 Å². The van der Waals surface area contributed by atoms with E-state index < -0.39 is 0 Å². The van der Waals surface area contributed by atoms with Crippen LogP contribution in [0.2, 0.25) is 0 Å². The molecule has 0 bridgehead atoms. The van der Waals surface area contributed by atoms with E-state index in [9.17, 15) is 4.79 Å². The molecule has 0 saturated carbocycles. The number of aromatic nitrogens is 7. The highest BCUT2D eigenvalue weighted by molar-refractivity contribution is 7.16. The molecule has 1 fully saturated rings. The van der Waals surface area contributed by atoms with Gasteiger partial charge in [0.05, 0.1) is 5.69 Å². The Morgan fingerprint density at radius 3 is 2.43 bits per heavy atom. The first-order valence-corrected chi connectivity index (χ1v) is 10.3. The van der Waals surface area contributed by atoms with Gasteiger partial charge in [-0.05, 0) is 31.2 Å². The van der Waals surface area contributed by atoms with E-state index in [0.29, 0.717) is 36.9 Å². The van der Waals surface area contributed by atoms with Gasteiger partial charge in [-0.1, -0.05) is 11.3 Å². The Kier molecular flexibility index (Phi) is 4.71. The first kappa shape index (κ1) is 18.4. The van der Waals surface area contributed by atoms with Gasteiger partial charge in [0.15, 0.2) is 16.8 Å². The van der Waals surface area contributed by atoms with E-state index in [1.165, 1.54) is 17.7 Å². The normalized spacial score (nSPS) is 14.3. The van der Waals surface area contributed by atoms with E-state index in [2.05, 4.69) is 30.2 Å². The van der Waals surface area contributed by atoms with Crippen molar-refractivity contribution in [3.05, 3.63) is 59.9 Å². The second-order valence-corrected chi connectivity index (χ2v) is 7.85. The highest BCUT2D eigenvalue weighted by Crippen LogP contribution is 2.24. The summed E-state index contributed by atoms with van der Waals surface area (Å²) >= 11 is 1.43. The lowest BCUT2D eigenvalue weighted by Gasteiger charge is -2.35. The van der Waals surface area contributed by atoms with Gasteiger partial charge in [-0.25, -0.2) is 14.6 Å². The van der Waals surface area contributed by atoms with Crippen molar-refractivity contribution < 1.29 is 4.79 Å². The summed E-state index contributed by atoms with van der Waals surface area (Å²) in [5.41, 5.74) is 0.769. The molecule has 0 spiro atoms. The molecule has 11 heteroatoms. The third kappa shape index (κ3) is 3.43. The molecule has 30 heavy (non-hydrogen) atoms. The van der Waals surface area contributed by atoms with Crippen LogP contribution in [0.3, 0.4) is 0 Å². The van der Waals surface area contributed by atoms with Crippen LogP contribution in [0.25, 0.3) is 10.9 Å². The van der Waals surface area contributed by atoms with Crippen molar-refractivity contribution >= 4 is 23.1 Å². The second-order valence-electron chi connectivity index (χ2n) is 6.87. The summed E-state index contributed by atoms with van der Waals surface area (Å²) in [5.74, 6) is 1.44. The molecule has 5 heterocycles. The summed E-state index contributed by atoms with van der Waals surface area (Å²) in [4.78, 5) is 26.2. The van der Waals surface area contributed by atoms with Crippen molar-refractivity contribution in [1.29, 1.82) is 0 Å². The number of anilines is 1. The van der Waals surface area contributed by atoms with Crippen LogP contribution < -0.4 is 4.90 Å². The third-order valence-electron chi connectivity index (χ3n) is 4.99. The molecule has 0 aromatic carbocycles. The Morgan fingerprint density at radius 1 is 1.03 bits per heavy atom. The van der Waals surface area contributed by atoms with Gasteiger partial charge in [0.2, 0.25) is 0 Å². The number of nitrogens with zero attached hydrogens (tertiary/aromatic N) is 9. The zero-order valence-electron chi connectivity index (χ0n) is 16.3. The van der Waals surface area contributed by atoms with E-state index in [1.807, 2.05) is 53.0 Å². The van der Waals surface area contributed by atoms with Gasteiger partial charge in [0.1, 0.15) is 17.5 Å². The smallest absolute Gasteiger partial charge is 0.266 e. The summed E-state index contributed by atoms with van der Waals surface area (Å²) in [6, 6.07) is 7.66. The van der Waals surface area contributed by atoms with Crippen LogP contribution in [-0.2, 0) is 0 Å². The van der Waals surface area contributed by atoms with Gasteiger partial charge in [0.25, 0.3) is 5.91 Å². The lowest BCUT2D eigenvalue weighted by molar-refractivity contribution is 0.0750. The average molecular weight is 421 g/mol. The van der Waals surface area contributed by atoms with Gasteiger partial charge in [-0.3, -0.25) is 4.79 Å². The number of carbonyl (C=O) groups excluding carboxylic acids is 1. The van der Waals surface area contributed by atoms with Crippen molar-refractivity contribution in [2.45, 2.75) is 6.92 Å². The van der Waals surface area contributed by atoms with Crippen molar-refractivity contribution in [2.75, 3.05) is 31.1 Å². The first-order chi connectivity index (χ1) is 14.7. The molecule has 4 aromatic rings. The number of aryl methyl sites for hydroxylation is 1. The quantitative estimate of drug-likeness (QED) is 0.493. The monoisotopic (exact) mass is 421 g/mol. The minimum atomic E-state index is 0.0377. The Labute approximate surface area is 176 Å². The van der Waals surface area contributed by atoms with Crippen molar-refractivity contribution in [1.82, 2.24) is 39.4 Å². The largest absolute Gasteiger partial charge is 0.352 e. The summed E-state index contributed by atoms with van der Waals surface area (Å²) in [5, 5.41) is 13.4. The van der Waals surface area contributed by atoms with Gasteiger partial charge in [-0.2, -0.15) is 5.10 Å². The maximum atomic E-state index is 13.0. The molecule has 0 atom stereocenters. The van der Waals surface area contributed by atoms with E-state index >= 15 is 0 Å². The summed E-state index contributed by atoms with van der Waals surface area (Å²) in [6.07, 6.45) is 6.90. The fourth-order valence-electron chi connectivity index (χ4n) is 3.37. The Hall–Kier alpha value is -3.60. The van der Waals surface area contributed by atoms with Gasteiger partial charge in [0, 0.05) is 38.6 Å². The van der Waals surface area contributed by atoms with Crippen molar-refractivity contribution in [2.24, 2.45) is 0 Å². The summed E-state index contributed by atoms with van der Waals surface area (Å²) < 4.78 is 3.49. The third-order valence-corrected chi connectivity index (χ3v) is 6.14. The van der Waals surface area contributed by atoms with Crippen LogP contribution in [0.1, 0.15) is 15.4 Å². The fraction of sp³-hybridized carbons (Fsp3) is 0.263. The number of thiazole rings is 1. The number of hydrogen-bond acceptors (Lipinski definition) is 8. The predicted molar refractivity (Wildman–Crippen MR) is 111 cm³/mol. The second kappa shape index (κ2) is 7.67. The molecule has 0 N–H and O–H groups in total. The number of carbonyl (C=O) groups is 1. The molecule has 1 amide bonds. The van der Waals surface area contributed by atoms with Crippen LogP contribution in [0, 0.1) is 6.92 Å². The van der Waals surface area contributed by atoms with E-state index in [4.69, 9.17) is 0 Å². The first-order valence-electron chi connectivity index (χ1n) is 9.53. The van der Waals surface area contributed by atoms with Crippen molar-refractivity contribution in [3.63, 3.8) is 0 Å². The summed E-state index contributed by atoms with van der Waals surface area (Å²) in [6.45, 7) is 4.54. The van der Waals surface area contributed by atoms with Gasteiger partial charge in [-0.15, -0.1) is 10.2 Å². The van der Waals surface area contributed by atoms with Gasteiger partial charge < -0.3 is 14.4 Å².